The van der Waals surface area contributed by atoms with E-state index in [0.717, 1.165) is 34.5 Å². The monoisotopic (exact) mass is 418 g/mol. The number of ketones is 1. The van der Waals surface area contributed by atoms with Crippen LogP contribution in [0.3, 0.4) is 0 Å². The van der Waals surface area contributed by atoms with Crippen molar-refractivity contribution in [2.24, 2.45) is 0 Å². The average molecular weight is 418 g/mol. The van der Waals surface area contributed by atoms with E-state index in [1.165, 1.54) is 6.07 Å². The number of carbonyl (C=O) groups is 1. The number of carbonyl (C=O) groups excluding carboxylic acids is 1. The van der Waals surface area contributed by atoms with E-state index in [1.54, 1.807) is 13.2 Å². The Hall–Kier alpha value is -3.92. The Labute approximate surface area is 179 Å². The third-order valence-corrected chi connectivity index (χ3v) is 5.38. The minimum atomic E-state index is -0.448. The number of nitriles is 1. The van der Waals surface area contributed by atoms with Crippen molar-refractivity contribution in [3.8, 4) is 29.1 Å². The largest absolute Gasteiger partial charge is 0.508 e. The summed E-state index contributed by atoms with van der Waals surface area (Å²) in [5, 5.41) is 29.6. The molecule has 0 bridgehead atoms. The topological polar surface area (TPSA) is 105 Å². The van der Waals surface area contributed by atoms with Crippen LogP contribution in [-0.4, -0.2) is 27.7 Å². The number of allylic oxidation sites excluding steroid dienone is 1. The van der Waals surface area contributed by atoms with Crippen molar-refractivity contribution in [2.45, 2.75) is 32.7 Å². The van der Waals surface area contributed by atoms with Crippen LogP contribution < -0.4 is 9.47 Å². The van der Waals surface area contributed by atoms with E-state index in [4.69, 9.17) is 14.7 Å². The smallest absolute Gasteiger partial charge is 0.235 e. The molecule has 158 valence electrons. The molecule has 1 aromatic heterocycles. The van der Waals surface area contributed by atoms with E-state index in [9.17, 15) is 15.0 Å². The quantitative estimate of drug-likeness (QED) is 0.450. The number of aromatic nitrogens is 1. The lowest BCUT2D eigenvalue weighted by molar-refractivity contribution is 0.101. The van der Waals surface area contributed by atoms with Crippen LogP contribution in [0, 0.1) is 11.3 Å². The highest BCUT2D eigenvalue weighted by Gasteiger charge is 2.31. The maximum absolute atomic E-state index is 12.8. The van der Waals surface area contributed by atoms with E-state index in [2.05, 4.69) is 17.6 Å². The van der Waals surface area contributed by atoms with Gasteiger partial charge in [-0.2, -0.15) is 5.26 Å². The molecule has 2 N–H and O–H groups in total. The Morgan fingerprint density at radius 3 is 2.77 bits per heavy atom. The van der Waals surface area contributed by atoms with Crippen LogP contribution in [0.25, 0.3) is 17.0 Å². The van der Waals surface area contributed by atoms with Crippen molar-refractivity contribution >= 4 is 22.8 Å². The number of unbranched alkanes of at least 4 members (excludes halogenated alkanes) is 1. The molecule has 3 aromatic rings. The van der Waals surface area contributed by atoms with E-state index < -0.39 is 5.78 Å². The van der Waals surface area contributed by atoms with Crippen molar-refractivity contribution in [1.82, 2.24) is 4.57 Å². The zero-order valence-electron chi connectivity index (χ0n) is 17.3. The highest BCUT2D eigenvalue weighted by molar-refractivity contribution is 6.16. The van der Waals surface area contributed by atoms with Gasteiger partial charge < -0.3 is 24.3 Å². The highest BCUT2D eigenvalue weighted by Crippen LogP contribution is 2.41. The fraction of sp³-hybridized carbons (Fsp3) is 0.250. The molecule has 0 amide bonds. The molecule has 1 aliphatic rings. The Bertz CT molecular complexity index is 1260. The molecule has 0 spiro atoms. The number of phenolic OH excluding ortho intramolecular Hbond substituents is 2. The zero-order chi connectivity index (χ0) is 22.1. The number of aryl methyl sites for hydroxylation is 2. The van der Waals surface area contributed by atoms with Gasteiger partial charge in [0.1, 0.15) is 28.6 Å². The molecular formula is C24H22N2O5. The van der Waals surface area contributed by atoms with E-state index in [-0.39, 0.29) is 28.6 Å². The Kier molecular flexibility index (Phi) is 5.30. The normalized spacial score (nSPS) is 14.0. The van der Waals surface area contributed by atoms with Crippen LogP contribution in [0.4, 0.5) is 0 Å². The van der Waals surface area contributed by atoms with Gasteiger partial charge in [0.15, 0.2) is 5.76 Å². The fourth-order valence-corrected chi connectivity index (χ4v) is 3.95. The number of methoxy groups -OCH3 is 1. The van der Waals surface area contributed by atoms with Gasteiger partial charge in [0.2, 0.25) is 5.78 Å². The first-order valence-electron chi connectivity index (χ1n) is 10.0. The SMILES string of the molecule is CCc1cc(OC)cc2c(C=C3Oc4cc(O)cc(O)c4C3=O)cn(CCCC#N)c12. The highest BCUT2D eigenvalue weighted by atomic mass is 16.5. The molecule has 0 fully saturated rings. The summed E-state index contributed by atoms with van der Waals surface area (Å²) in [6.45, 7) is 2.73. The van der Waals surface area contributed by atoms with Gasteiger partial charge in [-0.15, -0.1) is 0 Å². The number of aromatic hydroxyl groups is 2. The number of ether oxygens (including phenoxy) is 2. The predicted molar refractivity (Wildman–Crippen MR) is 115 cm³/mol. The molecule has 31 heavy (non-hydrogen) atoms. The Morgan fingerprint density at radius 1 is 1.26 bits per heavy atom. The average Bonchev–Trinajstić information content (AvgIpc) is 3.25. The van der Waals surface area contributed by atoms with Gasteiger partial charge in [0.25, 0.3) is 0 Å². The lowest BCUT2D eigenvalue weighted by Gasteiger charge is -2.10. The maximum atomic E-state index is 12.8. The minimum Gasteiger partial charge on any atom is -0.508 e. The first kappa shape index (κ1) is 20.4. The number of fused-ring (bicyclic) bond motifs is 2. The summed E-state index contributed by atoms with van der Waals surface area (Å²) in [4.78, 5) is 12.8. The van der Waals surface area contributed by atoms with Gasteiger partial charge in [-0.1, -0.05) is 6.92 Å². The number of Topliss-reactive ketones (excluding diaryl/α,β-unsaturated/α-hetero) is 1. The van der Waals surface area contributed by atoms with Crippen LogP contribution in [0.2, 0.25) is 0 Å². The lowest BCUT2D eigenvalue weighted by atomic mass is 10.0. The van der Waals surface area contributed by atoms with Crippen molar-refractivity contribution < 1.29 is 24.5 Å². The second-order valence-electron chi connectivity index (χ2n) is 7.35. The van der Waals surface area contributed by atoms with Crippen LogP contribution in [-0.2, 0) is 13.0 Å². The van der Waals surface area contributed by atoms with Crippen LogP contribution in [0.5, 0.6) is 23.0 Å². The molecule has 2 aromatic carbocycles. The molecule has 4 rings (SSSR count). The first-order valence-corrected chi connectivity index (χ1v) is 10.0. The molecule has 7 nitrogen and oxygen atoms in total. The summed E-state index contributed by atoms with van der Waals surface area (Å²) in [5.74, 6) is -0.0556. The summed E-state index contributed by atoms with van der Waals surface area (Å²) < 4.78 is 13.2. The van der Waals surface area contributed by atoms with Gasteiger partial charge in [0, 0.05) is 42.2 Å². The van der Waals surface area contributed by atoms with E-state index in [1.807, 2.05) is 18.3 Å². The molecule has 7 heteroatoms. The number of rotatable bonds is 6. The number of hydrogen-bond acceptors (Lipinski definition) is 6. The molecule has 0 atom stereocenters. The van der Waals surface area contributed by atoms with Crippen LogP contribution in [0.15, 0.2) is 36.2 Å². The second-order valence-corrected chi connectivity index (χ2v) is 7.35. The maximum Gasteiger partial charge on any atom is 0.235 e. The second kappa shape index (κ2) is 8.07. The van der Waals surface area contributed by atoms with Gasteiger partial charge in [-0.3, -0.25) is 4.79 Å². The fourth-order valence-electron chi connectivity index (χ4n) is 3.95. The number of nitrogens with zero attached hydrogens (tertiary/aromatic N) is 2. The Morgan fingerprint density at radius 2 is 2.06 bits per heavy atom. The first-order chi connectivity index (χ1) is 15.0. The van der Waals surface area contributed by atoms with Gasteiger partial charge >= 0.3 is 0 Å². The number of benzene rings is 2. The third kappa shape index (κ3) is 3.57. The van der Waals surface area contributed by atoms with Crippen LogP contribution >= 0.6 is 0 Å². The summed E-state index contributed by atoms with van der Waals surface area (Å²) in [5.41, 5.74) is 2.92. The molecule has 0 saturated carbocycles. The van der Waals surface area contributed by atoms with E-state index in [0.29, 0.717) is 25.1 Å². The number of hydrogen-bond donors (Lipinski definition) is 2. The molecule has 2 heterocycles. The van der Waals surface area contributed by atoms with Crippen molar-refractivity contribution in [2.75, 3.05) is 7.11 Å². The molecule has 1 aliphatic heterocycles. The molecule has 0 saturated heterocycles. The third-order valence-electron chi connectivity index (χ3n) is 5.38. The lowest BCUT2D eigenvalue weighted by Crippen LogP contribution is -1.99. The molecule has 0 unspecified atom stereocenters. The van der Waals surface area contributed by atoms with E-state index >= 15 is 0 Å². The van der Waals surface area contributed by atoms with Gasteiger partial charge in [-0.25, -0.2) is 0 Å². The van der Waals surface area contributed by atoms with Gasteiger partial charge in [0.05, 0.1) is 18.7 Å². The molecular weight excluding hydrogens is 396 g/mol. The summed E-state index contributed by atoms with van der Waals surface area (Å²) >= 11 is 0. The molecule has 0 aliphatic carbocycles. The van der Waals surface area contributed by atoms with Gasteiger partial charge in [-0.05, 0) is 36.6 Å². The predicted octanol–water partition coefficient (Wildman–Crippen LogP) is 4.54. The van der Waals surface area contributed by atoms with Crippen molar-refractivity contribution in [1.29, 1.82) is 5.26 Å². The summed E-state index contributed by atoms with van der Waals surface area (Å²) in [6, 6.07) is 8.49. The van der Waals surface area contributed by atoms with Crippen LogP contribution in [0.1, 0.15) is 41.3 Å². The minimum absolute atomic E-state index is 0.0358. The summed E-state index contributed by atoms with van der Waals surface area (Å²) in [7, 11) is 1.61. The van der Waals surface area contributed by atoms with Crippen molar-refractivity contribution in [3.05, 3.63) is 52.9 Å². The zero-order valence-corrected chi connectivity index (χ0v) is 17.3. The Balaban J connectivity index is 1.85. The summed E-state index contributed by atoms with van der Waals surface area (Å²) in [6.07, 6.45) is 5.53. The van der Waals surface area contributed by atoms with Crippen molar-refractivity contribution in [3.63, 3.8) is 0 Å². The standard InChI is InChI=1S/C24H22N2O5/c1-3-14-8-17(30-2)12-18-15(13-26(23(14)18)7-5-4-6-25)9-21-24(29)22-19(28)10-16(27)11-20(22)31-21/h8-13,27-28H,3-5,7H2,1-2H3. The molecule has 0 radical (unpaired) electrons. The number of phenols is 2.